The highest BCUT2D eigenvalue weighted by Gasteiger charge is 2.34. The molecule has 0 atom stereocenters. The van der Waals surface area contributed by atoms with Gasteiger partial charge in [-0.3, -0.25) is 0 Å². The topological polar surface area (TPSA) is 106 Å². The SMILES string of the molecule is COc1nc(N2CC(NC(=O)OCc3ccccc3)C2)nc2c1CCN(C(=O)OC(C)(C)C)C2. The lowest BCUT2D eigenvalue weighted by molar-refractivity contribution is 0.0219. The Kier molecular flexibility index (Phi) is 6.76. The molecule has 4 rings (SSSR count). The van der Waals surface area contributed by atoms with Crippen LogP contribution < -0.4 is 15.0 Å². The van der Waals surface area contributed by atoms with Gasteiger partial charge in [-0.25, -0.2) is 14.6 Å². The monoisotopic (exact) mass is 469 g/mol. The maximum Gasteiger partial charge on any atom is 0.410 e. The van der Waals surface area contributed by atoms with Gasteiger partial charge in [0, 0.05) is 25.2 Å². The Morgan fingerprint density at radius 3 is 2.56 bits per heavy atom. The molecule has 1 fully saturated rings. The van der Waals surface area contributed by atoms with Gasteiger partial charge < -0.3 is 29.3 Å². The number of ether oxygens (including phenoxy) is 3. The number of rotatable bonds is 5. The molecule has 1 N–H and O–H groups in total. The van der Waals surface area contributed by atoms with Crippen molar-refractivity contribution in [2.24, 2.45) is 0 Å². The van der Waals surface area contributed by atoms with Gasteiger partial charge in [-0.2, -0.15) is 4.98 Å². The normalized spacial score (nSPS) is 15.8. The minimum Gasteiger partial charge on any atom is -0.481 e. The van der Waals surface area contributed by atoms with E-state index in [-0.39, 0.29) is 18.7 Å². The second kappa shape index (κ2) is 9.74. The maximum absolute atomic E-state index is 12.5. The molecule has 2 amide bonds. The molecule has 2 aliphatic rings. The minimum absolute atomic E-state index is 0.0628. The van der Waals surface area contributed by atoms with Crippen molar-refractivity contribution >= 4 is 18.1 Å². The third-order valence-corrected chi connectivity index (χ3v) is 5.56. The number of carbonyl (C=O) groups excluding carboxylic acids is 2. The first-order valence-corrected chi connectivity index (χ1v) is 11.4. The number of nitrogens with zero attached hydrogens (tertiary/aromatic N) is 4. The van der Waals surface area contributed by atoms with Crippen LogP contribution in [-0.4, -0.2) is 65.4 Å². The first kappa shape index (κ1) is 23.6. The summed E-state index contributed by atoms with van der Waals surface area (Å²) >= 11 is 0. The van der Waals surface area contributed by atoms with E-state index in [9.17, 15) is 9.59 Å². The molecule has 2 aromatic rings. The van der Waals surface area contributed by atoms with Crippen LogP contribution in [0.2, 0.25) is 0 Å². The summed E-state index contributed by atoms with van der Waals surface area (Å²) in [4.78, 5) is 37.5. The molecule has 0 bridgehead atoms. The number of alkyl carbamates (subject to hydrolysis) is 1. The number of nitrogens with one attached hydrogen (secondary N) is 1. The molecule has 1 aromatic carbocycles. The van der Waals surface area contributed by atoms with Gasteiger partial charge >= 0.3 is 12.2 Å². The smallest absolute Gasteiger partial charge is 0.410 e. The number of methoxy groups -OCH3 is 1. The third kappa shape index (κ3) is 5.67. The fourth-order valence-corrected chi connectivity index (χ4v) is 3.84. The number of carbonyl (C=O) groups is 2. The van der Waals surface area contributed by atoms with Crippen molar-refractivity contribution in [2.45, 2.75) is 52.0 Å². The Morgan fingerprint density at radius 2 is 1.88 bits per heavy atom. The zero-order chi connectivity index (χ0) is 24.3. The van der Waals surface area contributed by atoms with Crippen molar-refractivity contribution in [1.29, 1.82) is 0 Å². The van der Waals surface area contributed by atoms with Gasteiger partial charge in [-0.05, 0) is 32.8 Å². The van der Waals surface area contributed by atoms with Crippen molar-refractivity contribution in [3.05, 3.63) is 47.2 Å². The van der Waals surface area contributed by atoms with Gasteiger partial charge in [-0.15, -0.1) is 0 Å². The maximum atomic E-state index is 12.5. The van der Waals surface area contributed by atoms with Crippen LogP contribution in [0.25, 0.3) is 0 Å². The Balaban J connectivity index is 1.34. The lowest BCUT2D eigenvalue weighted by Crippen LogP contribution is -2.60. The molecule has 34 heavy (non-hydrogen) atoms. The molecule has 10 heteroatoms. The summed E-state index contributed by atoms with van der Waals surface area (Å²) in [5.41, 5.74) is 2.03. The molecule has 0 saturated carbocycles. The number of aromatic nitrogens is 2. The fourth-order valence-electron chi connectivity index (χ4n) is 3.84. The van der Waals surface area contributed by atoms with E-state index in [0.717, 1.165) is 16.8 Å². The molecule has 1 aromatic heterocycles. The predicted molar refractivity (Wildman–Crippen MR) is 125 cm³/mol. The van der Waals surface area contributed by atoms with Gasteiger partial charge in [0.25, 0.3) is 0 Å². The highest BCUT2D eigenvalue weighted by molar-refractivity contribution is 5.69. The number of hydrogen-bond acceptors (Lipinski definition) is 8. The van der Waals surface area contributed by atoms with E-state index in [4.69, 9.17) is 19.2 Å². The number of benzene rings is 1. The standard InChI is InChI=1S/C24H31N5O5/c1-24(2,3)34-23(31)28-11-10-18-19(14-28)26-21(27-20(18)32-4)29-12-17(13-29)25-22(30)33-15-16-8-6-5-7-9-16/h5-9,17H,10-15H2,1-4H3,(H,25,30). The summed E-state index contributed by atoms with van der Waals surface area (Å²) in [6, 6.07) is 9.47. The van der Waals surface area contributed by atoms with Crippen LogP contribution in [-0.2, 0) is 29.0 Å². The summed E-state index contributed by atoms with van der Waals surface area (Å²) in [6.45, 7) is 7.71. The Labute approximate surface area is 199 Å². The van der Waals surface area contributed by atoms with Crippen LogP contribution in [0.5, 0.6) is 5.88 Å². The quantitative estimate of drug-likeness (QED) is 0.713. The van der Waals surface area contributed by atoms with Crippen LogP contribution in [0, 0.1) is 0 Å². The van der Waals surface area contributed by atoms with Crippen molar-refractivity contribution in [2.75, 3.05) is 31.6 Å². The van der Waals surface area contributed by atoms with Crippen LogP contribution in [0.15, 0.2) is 30.3 Å². The molecular formula is C24H31N5O5. The average molecular weight is 470 g/mol. The molecule has 182 valence electrons. The highest BCUT2D eigenvalue weighted by Crippen LogP contribution is 2.29. The lowest BCUT2D eigenvalue weighted by Gasteiger charge is -2.40. The highest BCUT2D eigenvalue weighted by atomic mass is 16.6. The van der Waals surface area contributed by atoms with Gasteiger partial charge in [0.15, 0.2) is 0 Å². The Hall–Kier alpha value is -3.56. The molecular weight excluding hydrogens is 438 g/mol. The molecule has 2 aliphatic heterocycles. The first-order chi connectivity index (χ1) is 16.2. The number of anilines is 1. The van der Waals surface area contributed by atoms with Gasteiger partial charge in [0.1, 0.15) is 12.2 Å². The van der Waals surface area contributed by atoms with Crippen molar-refractivity contribution in [1.82, 2.24) is 20.2 Å². The molecule has 3 heterocycles. The van der Waals surface area contributed by atoms with E-state index >= 15 is 0 Å². The van der Waals surface area contributed by atoms with Crippen LogP contribution in [0.3, 0.4) is 0 Å². The number of fused-ring (bicyclic) bond motifs is 1. The second-order valence-corrected chi connectivity index (χ2v) is 9.42. The lowest BCUT2D eigenvalue weighted by atomic mass is 10.1. The molecule has 0 spiro atoms. The summed E-state index contributed by atoms with van der Waals surface area (Å²) in [7, 11) is 1.58. The van der Waals surface area contributed by atoms with E-state index < -0.39 is 11.7 Å². The average Bonchev–Trinajstić information content (AvgIpc) is 2.78. The minimum atomic E-state index is -0.562. The van der Waals surface area contributed by atoms with Gasteiger partial charge in [-0.1, -0.05) is 30.3 Å². The summed E-state index contributed by atoms with van der Waals surface area (Å²) in [6.07, 6.45) is -0.222. The zero-order valence-corrected chi connectivity index (χ0v) is 20.0. The molecule has 10 nitrogen and oxygen atoms in total. The van der Waals surface area contributed by atoms with Crippen molar-refractivity contribution in [3.8, 4) is 5.88 Å². The van der Waals surface area contributed by atoms with Crippen LogP contribution in [0.1, 0.15) is 37.6 Å². The predicted octanol–water partition coefficient (Wildman–Crippen LogP) is 2.89. The molecule has 1 saturated heterocycles. The van der Waals surface area contributed by atoms with E-state index in [2.05, 4.69) is 10.3 Å². The van der Waals surface area contributed by atoms with Crippen molar-refractivity contribution in [3.63, 3.8) is 0 Å². The summed E-state index contributed by atoms with van der Waals surface area (Å²) in [5, 5.41) is 2.86. The number of amides is 2. The molecule has 0 aliphatic carbocycles. The van der Waals surface area contributed by atoms with E-state index in [1.807, 2.05) is 56.0 Å². The van der Waals surface area contributed by atoms with Crippen molar-refractivity contribution < 1.29 is 23.8 Å². The van der Waals surface area contributed by atoms with Crippen LogP contribution in [0.4, 0.5) is 15.5 Å². The Bertz CT molecular complexity index is 1030. The van der Waals surface area contributed by atoms with Crippen LogP contribution >= 0.6 is 0 Å². The summed E-state index contributed by atoms with van der Waals surface area (Å²) in [5.74, 6) is 1.03. The first-order valence-electron chi connectivity index (χ1n) is 11.4. The second-order valence-electron chi connectivity index (χ2n) is 9.42. The number of hydrogen-bond donors (Lipinski definition) is 1. The Morgan fingerprint density at radius 1 is 1.15 bits per heavy atom. The largest absolute Gasteiger partial charge is 0.481 e. The molecule has 0 radical (unpaired) electrons. The third-order valence-electron chi connectivity index (χ3n) is 5.56. The van der Waals surface area contributed by atoms with Gasteiger partial charge in [0.2, 0.25) is 11.8 Å². The summed E-state index contributed by atoms with van der Waals surface area (Å²) < 4.78 is 16.3. The molecule has 0 unspecified atom stereocenters. The van der Waals surface area contributed by atoms with Gasteiger partial charge in [0.05, 0.1) is 25.4 Å². The van der Waals surface area contributed by atoms with E-state index in [0.29, 0.717) is 44.4 Å². The van der Waals surface area contributed by atoms with E-state index in [1.165, 1.54) is 0 Å². The van der Waals surface area contributed by atoms with E-state index in [1.54, 1.807) is 12.0 Å². The zero-order valence-electron chi connectivity index (χ0n) is 20.0. The fraction of sp³-hybridized carbons (Fsp3) is 0.500.